The Kier molecular flexibility index (Phi) is 4.40. The Morgan fingerprint density at radius 3 is 2.33 bits per heavy atom. The molecule has 0 N–H and O–H groups in total. The highest BCUT2D eigenvalue weighted by Gasteiger charge is 2.28. The number of ketones is 1. The van der Waals surface area contributed by atoms with Gasteiger partial charge in [-0.15, -0.1) is 0 Å². The average molecular weight is 246 g/mol. The molecule has 2 atom stereocenters. The van der Waals surface area contributed by atoms with Crippen LogP contribution in [0.1, 0.15) is 33.1 Å². The highest BCUT2D eigenvalue weighted by atomic mass is 16.5. The molecule has 1 aliphatic rings. The van der Waals surface area contributed by atoms with Crippen molar-refractivity contribution >= 4 is 5.78 Å². The molecule has 0 radical (unpaired) electrons. The molecule has 0 aromatic heterocycles. The number of rotatable bonds is 4. The van der Waals surface area contributed by atoms with Crippen LogP contribution < -0.4 is 4.74 Å². The number of carbonyl (C=O) groups excluding carboxylic acids is 1. The van der Waals surface area contributed by atoms with E-state index in [2.05, 4.69) is 13.8 Å². The lowest BCUT2D eigenvalue weighted by molar-refractivity contribution is -0.126. The number of ether oxygens (including phenoxy) is 1. The molecule has 1 fully saturated rings. The molecule has 18 heavy (non-hydrogen) atoms. The highest BCUT2D eigenvalue weighted by Crippen LogP contribution is 2.33. The molecule has 0 heterocycles. The van der Waals surface area contributed by atoms with Gasteiger partial charge >= 0.3 is 0 Å². The van der Waals surface area contributed by atoms with Crippen molar-refractivity contribution in [3.63, 3.8) is 0 Å². The molecule has 2 rings (SSSR count). The topological polar surface area (TPSA) is 26.3 Å². The minimum absolute atomic E-state index is 0.201. The maximum Gasteiger partial charge on any atom is 0.173 e. The third kappa shape index (κ3) is 3.59. The maximum absolute atomic E-state index is 12.1. The van der Waals surface area contributed by atoms with Gasteiger partial charge in [0.2, 0.25) is 0 Å². The lowest BCUT2D eigenvalue weighted by Gasteiger charge is -2.30. The predicted octanol–water partition coefficient (Wildman–Crippen LogP) is 3.71. The zero-order valence-corrected chi connectivity index (χ0v) is 11.3. The van der Waals surface area contributed by atoms with E-state index in [1.807, 2.05) is 30.3 Å². The molecular formula is C16H22O2. The van der Waals surface area contributed by atoms with Gasteiger partial charge in [-0.25, -0.2) is 0 Å². The molecule has 1 aromatic carbocycles. The largest absolute Gasteiger partial charge is 0.486 e. The number of Topliss-reactive ketones (excluding diaryl/α,β-unsaturated/α-hetero) is 1. The first-order valence-corrected chi connectivity index (χ1v) is 6.85. The smallest absolute Gasteiger partial charge is 0.173 e. The van der Waals surface area contributed by atoms with Crippen LogP contribution in [-0.4, -0.2) is 12.4 Å². The summed E-state index contributed by atoms with van der Waals surface area (Å²) in [6.45, 7) is 4.70. The van der Waals surface area contributed by atoms with E-state index >= 15 is 0 Å². The first kappa shape index (κ1) is 13.1. The van der Waals surface area contributed by atoms with Crippen LogP contribution in [0.25, 0.3) is 0 Å². The van der Waals surface area contributed by atoms with E-state index < -0.39 is 0 Å². The van der Waals surface area contributed by atoms with Crippen molar-refractivity contribution in [2.45, 2.75) is 33.1 Å². The summed E-state index contributed by atoms with van der Waals surface area (Å²) in [5.74, 6) is 2.58. The van der Waals surface area contributed by atoms with E-state index in [1.54, 1.807) is 0 Å². The van der Waals surface area contributed by atoms with Gasteiger partial charge in [0.1, 0.15) is 12.4 Å². The van der Waals surface area contributed by atoms with E-state index in [1.165, 1.54) is 6.42 Å². The van der Waals surface area contributed by atoms with Gasteiger partial charge in [0.25, 0.3) is 0 Å². The predicted molar refractivity (Wildman–Crippen MR) is 72.6 cm³/mol. The van der Waals surface area contributed by atoms with Crippen LogP contribution in [0.5, 0.6) is 5.75 Å². The Hall–Kier alpha value is -1.31. The Balaban J connectivity index is 1.84. The van der Waals surface area contributed by atoms with E-state index in [-0.39, 0.29) is 18.3 Å². The Labute approximate surface area is 109 Å². The molecule has 1 aromatic rings. The lowest BCUT2D eigenvalue weighted by Crippen LogP contribution is -2.29. The number of hydrogen-bond donors (Lipinski definition) is 0. The molecule has 1 aliphatic carbocycles. The number of benzene rings is 1. The maximum atomic E-state index is 12.1. The molecule has 2 heteroatoms. The average Bonchev–Trinajstić information content (AvgIpc) is 2.36. The highest BCUT2D eigenvalue weighted by molar-refractivity contribution is 5.82. The number of hydrogen-bond acceptors (Lipinski definition) is 2. The summed E-state index contributed by atoms with van der Waals surface area (Å²) >= 11 is 0. The van der Waals surface area contributed by atoms with Crippen LogP contribution in [0.15, 0.2) is 30.3 Å². The summed E-state index contributed by atoms with van der Waals surface area (Å²) in [7, 11) is 0. The molecule has 2 unspecified atom stereocenters. The van der Waals surface area contributed by atoms with Crippen LogP contribution in [0.2, 0.25) is 0 Å². The Morgan fingerprint density at radius 1 is 1.11 bits per heavy atom. The summed E-state index contributed by atoms with van der Waals surface area (Å²) in [5.41, 5.74) is 0. The standard InChI is InChI=1S/C16H22O2/c1-12-8-13(2)10-14(9-12)16(17)11-18-15-6-4-3-5-7-15/h3-7,12-14H,8-11H2,1-2H3. The van der Waals surface area contributed by atoms with Crippen LogP contribution in [-0.2, 0) is 4.79 Å². The molecule has 98 valence electrons. The van der Waals surface area contributed by atoms with Crippen molar-refractivity contribution in [2.75, 3.05) is 6.61 Å². The van der Waals surface area contributed by atoms with Gasteiger partial charge in [0.05, 0.1) is 0 Å². The van der Waals surface area contributed by atoms with E-state index in [0.717, 1.165) is 18.6 Å². The van der Waals surface area contributed by atoms with Crippen molar-refractivity contribution < 1.29 is 9.53 Å². The molecular weight excluding hydrogens is 224 g/mol. The first-order chi connectivity index (χ1) is 8.65. The van der Waals surface area contributed by atoms with Gasteiger partial charge in [0.15, 0.2) is 5.78 Å². The van der Waals surface area contributed by atoms with Crippen LogP contribution >= 0.6 is 0 Å². The fraction of sp³-hybridized carbons (Fsp3) is 0.562. The minimum Gasteiger partial charge on any atom is -0.486 e. The van der Waals surface area contributed by atoms with Crippen molar-refractivity contribution in [2.24, 2.45) is 17.8 Å². The van der Waals surface area contributed by atoms with Crippen molar-refractivity contribution in [1.82, 2.24) is 0 Å². The molecule has 1 saturated carbocycles. The fourth-order valence-corrected chi connectivity index (χ4v) is 3.00. The second-order valence-corrected chi connectivity index (χ2v) is 5.68. The van der Waals surface area contributed by atoms with Crippen LogP contribution in [0.3, 0.4) is 0 Å². The number of para-hydroxylation sites is 1. The second-order valence-electron chi connectivity index (χ2n) is 5.68. The summed E-state index contributed by atoms with van der Waals surface area (Å²) in [6.07, 6.45) is 3.31. The third-order valence-corrected chi connectivity index (χ3v) is 3.76. The molecule has 0 amide bonds. The second kappa shape index (κ2) is 6.03. The monoisotopic (exact) mass is 246 g/mol. The zero-order chi connectivity index (χ0) is 13.0. The van der Waals surface area contributed by atoms with E-state index in [9.17, 15) is 4.79 Å². The minimum atomic E-state index is 0.201. The summed E-state index contributed by atoms with van der Waals surface area (Å²) < 4.78 is 5.54. The zero-order valence-electron chi connectivity index (χ0n) is 11.3. The van der Waals surface area contributed by atoms with Gasteiger partial charge < -0.3 is 4.74 Å². The van der Waals surface area contributed by atoms with E-state index in [0.29, 0.717) is 11.8 Å². The van der Waals surface area contributed by atoms with Gasteiger partial charge in [-0.1, -0.05) is 32.0 Å². The summed E-state index contributed by atoms with van der Waals surface area (Å²) in [4.78, 5) is 12.1. The van der Waals surface area contributed by atoms with Gasteiger partial charge in [0, 0.05) is 5.92 Å². The van der Waals surface area contributed by atoms with Crippen LogP contribution in [0, 0.1) is 17.8 Å². The summed E-state index contributed by atoms with van der Waals surface area (Å²) in [6, 6.07) is 9.56. The third-order valence-electron chi connectivity index (χ3n) is 3.76. The van der Waals surface area contributed by atoms with Gasteiger partial charge in [-0.05, 0) is 43.2 Å². The Bertz CT molecular complexity index is 375. The number of carbonyl (C=O) groups is 1. The first-order valence-electron chi connectivity index (χ1n) is 6.85. The Morgan fingerprint density at radius 2 is 1.72 bits per heavy atom. The fourth-order valence-electron chi connectivity index (χ4n) is 3.00. The molecule has 0 bridgehead atoms. The normalized spacial score (nSPS) is 27.8. The van der Waals surface area contributed by atoms with Gasteiger partial charge in [-0.3, -0.25) is 4.79 Å². The van der Waals surface area contributed by atoms with Gasteiger partial charge in [-0.2, -0.15) is 0 Å². The van der Waals surface area contributed by atoms with Crippen molar-refractivity contribution in [1.29, 1.82) is 0 Å². The molecule has 0 saturated heterocycles. The van der Waals surface area contributed by atoms with Crippen molar-refractivity contribution in [3.8, 4) is 5.75 Å². The summed E-state index contributed by atoms with van der Waals surface area (Å²) in [5, 5.41) is 0. The van der Waals surface area contributed by atoms with Crippen molar-refractivity contribution in [3.05, 3.63) is 30.3 Å². The quantitative estimate of drug-likeness (QED) is 0.809. The molecule has 0 spiro atoms. The van der Waals surface area contributed by atoms with Crippen LogP contribution in [0.4, 0.5) is 0 Å². The van der Waals surface area contributed by atoms with E-state index in [4.69, 9.17) is 4.74 Å². The molecule has 0 aliphatic heterocycles. The molecule has 2 nitrogen and oxygen atoms in total. The SMILES string of the molecule is CC1CC(C)CC(C(=O)COc2ccccc2)C1. The lowest BCUT2D eigenvalue weighted by atomic mass is 9.75.